The zero-order valence-electron chi connectivity index (χ0n) is 13.7. The topological polar surface area (TPSA) is 72.7 Å². The van der Waals surface area contributed by atoms with Gasteiger partial charge in [-0.3, -0.25) is 4.40 Å². The third-order valence-corrected chi connectivity index (χ3v) is 6.20. The van der Waals surface area contributed by atoms with Crippen LogP contribution in [-0.2, 0) is 16.4 Å². The van der Waals surface area contributed by atoms with E-state index < -0.39 is 10.0 Å². The van der Waals surface area contributed by atoms with Crippen molar-refractivity contribution in [3.63, 3.8) is 0 Å². The average molecular weight is 365 g/mol. The lowest BCUT2D eigenvalue weighted by Crippen LogP contribution is -2.26. The highest BCUT2D eigenvalue weighted by atomic mass is 32.2. The fourth-order valence-corrected chi connectivity index (χ4v) is 4.46. The van der Waals surface area contributed by atoms with Gasteiger partial charge in [0.2, 0.25) is 10.0 Å². The summed E-state index contributed by atoms with van der Waals surface area (Å²) in [6.07, 6.45) is 2.50. The van der Waals surface area contributed by atoms with E-state index in [2.05, 4.69) is 9.71 Å². The molecule has 0 atom stereocenters. The van der Waals surface area contributed by atoms with Crippen molar-refractivity contribution in [1.29, 1.82) is 0 Å². The fourth-order valence-electron chi connectivity index (χ4n) is 2.48. The predicted octanol–water partition coefficient (Wildman–Crippen LogP) is 2.54. The van der Waals surface area contributed by atoms with Crippen molar-refractivity contribution in [2.75, 3.05) is 13.7 Å². The average Bonchev–Trinajstić information content (AvgIpc) is 3.09. The second-order valence-electron chi connectivity index (χ2n) is 5.54. The normalized spacial score (nSPS) is 12.0. The van der Waals surface area contributed by atoms with E-state index in [1.54, 1.807) is 36.6 Å². The molecule has 24 heavy (non-hydrogen) atoms. The Balaban J connectivity index is 1.67. The molecule has 1 aromatic carbocycles. The standard InChI is InChI=1S/C16H19N3O3S2/c1-11-8-14(4-5-15(11)22-3)24(20,21)17-7-6-13-9-19-12(2)10-23-16(19)18-13/h4-5,8-10,17H,6-7H2,1-3H3. The maximum absolute atomic E-state index is 12.4. The molecule has 0 aliphatic carbocycles. The molecule has 0 aliphatic rings. The molecule has 128 valence electrons. The van der Waals surface area contributed by atoms with Crippen molar-refractivity contribution in [2.45, 2.75) is 25.2 Å². The van der Waals surface area contributed by atoms with Crippen LogP contribution in [0.4, 0.5) is 0 Å². The molecule has 8 heteroatoms. The number of aryl methyl sites for hydroxylation is 2. The van der Waals surface area contributed by atoms with E-state index >= 15 is 0 Å². The molecule has 0 fully saturated rings. The van der Waals surface area contributed by atoms with Gasteiger partial charge in [0.25, 0.3) is 0 Å². The Labute approximate surface area is 145 Å². The lowest BCUT2D eigenvalue weighted by Gasteiger charge is -2.09. The summed E-state index contributed by atoms with van der Waals surface area (Å²) < 4.78 is 34.5. The molecule has 0 spiro atoms. The highest BCUT2D eigenvalue weighted by molar-refractivity contribution is 7.89. The number of imidazole rings is 1. The van der Waals surface area contributed by atoms with E-state index in [0.29, 0.717) is 18.7 Å². The minimum atomic E-state index is -3.54. The molecule has 0 radical (unpaired) electrons. The van der Waals surface area contributed by atoms with Gasteiger partial charge in [-0.05, 0) is 37.6 Å². The zero-order chi connectivity index (χ0) is 17.3. The molecule has 6 nitrogen and oxygen atoms in total. The van der Waals surface area contributed by atoms with Crippen molar-refractivity contribution < 1.29 is 13.2 Å². The summed E-state index contributed by atoms with van der Waals surface area (Å²) in [5, 5.41) is 2.04. The van der Waals surface area contributed by atoms with E-state index in [4.69, 9.17) is 4.74 Å². The number of benzene rings is 1. The van der Waals surface area contributed by atoms with Crippen LogP contribution in [0.15, 0.2) is 34.7 Å². The number of sulfonamides is 1. The summed E-state index contributed by atoms with van der Waals surface area (Å²) in [5.41, 5.74) is 2.78. The first-order valence-electron chi connectivity index (χ1n) is 7.47. The summed E-state index contributed by atoms with van der Waals surface area (Å²) in [6.45, 7) is 4.14. The number of fused-ring (bicyclic) bond motifs is 1. The van der Waals surface area contributed by atoms with Crippen LogP contribution < -0.4 is 9.46 Å². The van der Waals surface area contributed by atoms with Crippen LogP contribution in [-0.4, -0.2) is 31.5 Å². The van der Waals surface area contributed by atoms with Crippen LogP contribution in [0, 0.1) is 13.8 Å². The minimum absolute atomic E-state index is 0.238. The van der Waals surface area contributed by atoms with Gasteiger partial charge in [-0.2, -0.15) is 0 Å². The van der Waals surface area contributed by atoms with Gasteiger partial charge in [0.15, 0.2) is 4.96 Å². The molecule has 3 rings (SSSR count). The SMILES string of the molecule is COc1ccc(S(=O)(=O)NCCc2cn3c(C)csc3n2)cc1C. The molecule has 0 saturated heterocycles. The second-order valence-corrected chi connectivity index (χ2v) is 8.14. The number of nitrogens with one attached hydrogen (secondary N) is 1. The molecule has 0 bridgehead atoms. The lowest BCUT2D eigenvalue weighted by molar-refractivity contribution is 0.411. The van der Waals surface area contributed by atoms with Crippen molar-refractivity contribution in [2.24, 2.45) is 0 Å². The molecule has 2 aromatic heterocycles. The van der Waals surface area contributed by atoms with Crippen molar-refractivity contribution in [1.82, 2.24) is 14.1 Å². The number of nitrogens with zero attached hydrogens (tertiary/aromatic N) is 2. The summed E-state index contributed by atoms with van der Waals surface area (Å²) in [4.78, 5) is 5.66. The Bertz CT molecular complexity index is 974. The number of rotatable bonds is 6. The molecule has 1 N–H and O–H groups in total. The number of hydrogen-bond donors (Lipinski definition) is 1. The highest BCUT2D eigenvalue weighted by Crippen LogP contribution is 2.21. The molecule has 0 unspecified atom stereocenters. The molecule has 3 aromatic rings. The number of methoxy groups -OCH3 is 1. The second kappa shape index (κ2) is 6.54. The Morgan fingerprint density at radius 2 is 2.12 bits per heavy atom. The molecule has 0 aliphatic heterocycles. The zero-order valence-corrected chi connectivity index (χ0v) is 15.4. The number of thiazole rings is 1. The number of aromatic nitrogens is 2. The molecule has 0 amide bonds. The van der Waals surface area contributed by atoms with Gasteiger partial charge in [0.1, 0.15) is 5.75 Å². The van der Waals surface area contributed by atoms with E-state index in [9.17, 15) is 8.42 Å². The van der Waals surface area contributed by atoms with Gasteiger partial charge in [0, 0.05) is 30.2 Å². The summed E-state index contributed by atoms with van der Waals surface area (Å²) in [6, 6.07) is 4.82. The third-order valence-electron chi connectivity index (χ3n) is 3.79. The van der Waals surface area contributed by atoms with Gasteiger partial charge in [-0.1, -0.05) is 0 Å². The van der Waals surface area contributed by atoms with Crippen LogP contribution in [0.25, 0.3) is 4.96 Å². The molecule has 0 saturated carbocycles. The van der Waals surface area contributed by atoms with Crippen molar-refractivity contribution >= 4 is 26.3 Å². The lowest BCUT2D eigenvalue weighted by atomic mass is 10.2. The quantitative estimate of drug-likeness (QED) is 0.729. The van der Waals surface area contributed by atoms with E-state index in [1.807, 2.05) is 29.8 Å². The Morgan fingerprint density at radius 1 is 1.33 bits per heavy atom. The predicted molar refractivity (Wildman–Crippen MR) is 94.4 cm³/mol. The van der Waals surface area contributed by atoms with Gasteiger partial charge < -0.3 is 4.74 Å². The van der Waals surface area contributed by atoms with Crippen LogP contribution >= 0.6 is 11.3 Å². The third kappa shape index (κ3) is 3.31. The van der Waals surface area contributed by atoms with Crippen molar-refractivity contribution in [3.05, 3.63) is 46.7 Å². The maximum atomic E-state index is 12.4. The smallest absolute Gasteiger partial charge is 0.240 e. The van der Waals surface area contributed by atoms with E-state index in [1.165, 1.54) is 0 Å². The van der Waals surface area contributed by atoms with Crippen LogP contribution in [0.1, 0.15) is 17.0 Å². The minimum Gasteiger partial charge on any atom is -0.496 e. The van der Waals surface area contributed by atoms with Crippen LogP contribution in [0.3, 0.4) is 0 Å². The van der Waals surface area contributed by atoms with Gasteiger partial charge >= 0.3 is 0 Å². The van der Waals surface area contributed by atoms with Gasteiger partial charge in [0.05, 0.1) is 17.7 Å². The highest BCUT2D eigenvalue weighted by Gasteiger charge is 2.15. The first-order valence-corrected chi connectivity index (χ1v) is 9.83. The van der Waals surface area contributed by atoms with Crippen LogP contribution in [0.5, 0.6) is 5.75 Å². The largest absolute Gasteiger partial charge is 0.496 e. The first kappa shape index (κ1) is 16.9. The van der Waals surface area contributed by atoms with Gasteiger partial charge in [-0.15, -0.1) is 11.3 Å². The molecular formula is C16H19N3O3S2. The van der Waals surface area contributed by atoms with Gasteiger partial charge in [-0.25, -0.2) is 18.1 Å². The maximum Gasteiger partial charge on any atom is 0.240 e. The van der Waals surface area contributed by atoms with E-state index in [0.717, 1.165) is 21.9 Å². The monoisotopic (exact) mass is 365 g/mol. The fraction of sp³-hybridized carbons (Fsp3) is 0.312. The molecule has 2 heterocycles. The summed E-state index contributed by atoms with van der Waals surface area (Å²) in [5.74, 6) is 0.669. The van der Waals surface area contributed by atoms with E-state index in [-0.39, 0.29) is 4.90 Å². The Morgan fingerprint density at radius 3 is 2.79 bits per heavy atom. The first-order chi connectivity index (χ1) is 11.4. The Hall–Kier alpha value is -1.90. The van der Waals surface area contributed by atoms with Crippen LogP contribution in [0.2, 0.25) is 0 Å². The molecular weight excluding hydrogens is 346 g/mol. The Kier molecular flexibility index (Phi) is 4.62. The number of hydrogen-bond acceptors (Lipinski definition) is 5. The summed E-state index contributed by atoms with van der Waals surface area (Å²) in [7, 11) is -1.98. The number of ether oxygens (including phenoxy) is 1. The van der Waals surface area contributed by atoms with Crippen molar-refractivity contribution in [3.8, 4) is 5.75 Å². The summed E-state index contributed by atoms with van der Waals surface area (Å²) >= 11 is 1.58.